The SMILES string of the molecule is C=CCn1c2ccccc2c2c3c(c(C(=O)OCC)cc21)C(O)NC3=O. The molecule has 4 rings (SSSR count). The molecule has 0 radical (unpaired) electrons. The number of aliphatic hydroxyl groups is 1. The molecular formula is C20H18N2O4. The molecule has 2 heterocycles. The fourth-order valence-electron chi connectivity index (χ4n) is 3.71. The van der Waals surface area contributed by atoms with E-state index in [9.17, 15) is 14.7 Å². The zero-order chi connectivity index (χ0) is 18.4. The third kappa shape index (κ3) is 2.16. The Labute approximate surface area is 149 Å². The molecule has 2 aromatic carbocycles. The van der Waals surface area contributed by atoms with Crippen molar-refractivity contribution in [3.05, 3.63) is 59.7 Å². The van der Waals surface area contributed by atoms with E-state index in [0.29, 0.717) is 12.1 Å². The first-order chi connectivity index (χ1) is 12.6. The van der Waals surface area contributed by atoms with Crippen molar-refractivity contribution < 1.29 is 19.4 Å². The fraction of sp³-hybridized carbons (Fsp3) is 0.200. The van der Waals surface area contributed by atoms with Crippen molar-refractivity contribution in [2.75, 3.05) is 6.61 Å². The van der Waals surface area contributed by atoms with Crippen molar-refractivity contribution in [3.63, 3.8) is 0 Å². The molecule has 1 aliphatic heterocycles. The minimum atomic E-state index is -1.23. The molecule has 1 aliphatic rings. The smallest absolute Gasteiger partial charge is 0.338 e. The van der Waals surface area contributed by atoms with Crippen LogP contribution < -0.4 is 5.32 Å². The number of ether oxygens (including phenoxy) is 1. The number of aliphatic hydroxyl groups excluding tert-OH is 1. The number of carbonyl (C=O) groups excluding carboxylic acids is 2. The van der Waals surface area contributed by atoms with Gasteiger partial charge in [-0.2, -0.15) is 0 Å². The van der Waals surface area contributed by atoms with Crippen LogP contribution in [0.4, 0.5) is 0 Å². The molecule has 6 heteroatoms. The van der Waals surface area contributed by atoms with Crippen LogP contribution in [-0.2, 0) is 11.3 Å². The summed E-state index contributed by atoms with van der Waals surface area (Å²) in [5.74, 6) is -0.957. The number of aromatic nitrogens is 1. The van der Waals surface area contributed by atoms with Gasteiger partial charge in [-0.15, -0.1) is 6.58 Å². The molecule has 0 saturated carbocycles. The fourth-order valence-corrected chi connectivity index (χ4v) is 3.71. The molecule has 0 spiro atoms. The largest absolute Gasteiger partial charge is 0.462 e. The van der Waals surface area contributed by atoms with E-state index in [1.807, 2.05) is 28.8 Å². The van der Waals surface area contributed by atoms with Gasteiger partial charge in [0.2, 0.25) is 0 Å². The number of rotatable bonds is 4. The average Bonchev–Trinajstić information content (AvgIpc) is 3.10. The van der Waals surface area contributed by atoms with E-state index >= 15 is 0 Å². The lowest BCUT2D eigenvalue weighted by Crippen LogP contribution is -2.19. The standard InChI is InChI=1S/C20H18N2O4/c1-3-9-22-13-8-6-5-7-11(13)15-14(22)10-12(20(25)26-4-2)16-17(15)19(24)21-18(16)23/h3,5-8,10,18,23H,1,4,9H2,2H3,(H,21,24). The van der Waals surface area contributed by atoms with E-state index in [1.165, 1.54) is 0 Å². The number of carbonyl (C=O) groups is 2. The molecular weight excluding hydrogens is 332 g/mol. The molecule has 0 bridgehead atoms. The summed E-state index contributed by atoms with van der Waals surface area (Å²) in [4.78, 5) is 25.1. The molecule has 26 heavy (non-hydrogen) atoms. The summed E-state index contributed by atoms with van der Waals surface area (Å²) in [6, 6.07) is 9.40. The van der Waals surface area contributed by atoms with Gasteiger partial charge in [-0.05, 0) is 19.1 Å². The van der Waals surface area contributed by atoms with Crippen LogP contribution >= 0.6 is 0 Å². The lowest BCUT2D eigenvalue weighted by Gasteiger charge is -2.12. The van der Waals surface area contributed by atoms with E-state index in [0.717, 1.165) is 21.8 Å². The topological polar surface area (TPSA) is 80.6 Å². The van der Waals surface area contributed by atoms with Crippen molar-refractivity contribution >= 4 is 33.7 Å². The summed E-state index contributed by atoms with van der Waals surface area (Å²) in [5, 5.41) is 14.4. The number of amides is 1. The number of hydrogen-bond acceptors (Lipinski definition) is 4. The highest BCUT2D eigenvalue weighted by atomic mass is 16.5. The van der Waals surface area contributed by atoms with Crippen LogP contribution in [0.25, 0.3) is 21.8 Å². The monoisotopic (exact) mass is 350 g/mol. The molecule has 132 valence electrons. The summed E-state index contributed by atoms with van der Waals surface area (Å²) in [6.45, 7) is 6.25. The van der Waals surface area contributed by atoms with E-state index in [4.69, 9.17) is 4.74 Å². The van der Waals surface area contributed by atoms with Gasteiger partial charge in [0.05, 0.1) is 23.3 Å². The summed E-state index contributed by atoms with van der Waals surface area (Å²) in [5.41, 5.74) is 2.48. The van der Waals surface area contributed by atoms with Gasteiger partial charge in [-0.25, -0.2) is 4.79 Å². The maximum Gasteiger partial charge on any atom is 0.338 e. The quantitative estimate of drug-likeness (QED) is 0.560. The zero-order valence-electron chi connectivity index (χ0n) is 14.3. The zero-order valence-corrected chi connectivity index (χ0v) is 14.3. The molecule has 1 amide bonds. The molecule has 0 saturated heterocycles. The van der Waals surface area contributed by atoms with Crippen LogP contribution in [0, 0.1) is 0 Å². The number of nitrogens with zero attached hydrogens (tertiary/aromatic N) is 1. The number of para-hydroxylation sites is 1. The number of benzene rings is 2. The third-order valence-corrected chi connectivity index (χ3v) is 4.68. The number of fused-ring (bicyclic) bond motifs is 5. The van der Waals surface area contributed by atoms with Gasteiger partial charge >= 0.3 is 5.97 Å². The van der Waals surface area contributed by atoms with E-state index in [-0.39, 0.29) is 17.7 Å². The number of allylic oxidation sites excluding steroid dienone is 1. The van der Waals surface area contributed by atoms with Crippen molar-refractivity contribution in [2.24, 2.45) is 0 Å². The van der Waals surface area contributed by atoms with Crippen LogP contribution in [0.2, 0.25) is 0 Å². The predicted molar refractivity (Wildman–Crippen MR) is 98.0 cm³/mol. The van der Waals surface area contributed by atoms with Crippen LogP contribution in [-0.4, -0.2) is 28.2 Å². The number of nitrogens with one attached hydrogen (secondary N) is 1. The average molecular weight is 350 g/mol. The van der Waals surface area contributed by atoms with Gasteiger partial charge in [-0.1, -0.05) is 24.3 Å². The van der Waals surface area contributed by atoms with Crippen LogP contribution in [0.3, 0.4) is 0 Å². The van der Waals surface area contributed by atoms with Gasteiger partial charge in [0, 0.05) is 28.4 Å². The lowest BCUT2D eigenvalue weighted by molar-refractivity contribution is 0.0516. The molecule has 1 aromatic heterocycles. The van der Waals surface area contributed by atoms with Crippen molar-refractivity contribution in [2.45, 2.75) is 19.7 Å². The van der Waals surface area contributed by atoms with E-state index in [2.05, 4.69) is 11.9 Å². The summed E-state index contributed by atoms with van der Waals surface area (Å²) in [6.07, 6.45) is 0.528. The lowest BCUT2D eigenvalue weighted by atomic mass is 9.96. The van der Waals surface area contributed by atoms with Gasteiger partial charge in [0.1, 0.15) is 0 Å². The first-order valence-corrected chi connectivity index (χ1v) is 8.43. The van der Waals surface area contributed by atoms with Crippen molar-refractivity contribution in [1.29, 1.82) is 0 Å². The third-order valence-electron chi connectivity index (χ3n) is 4.68. The second-order valence-corrected chi connectivity index (χ2v) is 6.12. The number of esters is 1. The Morgan fingerprint density at radius 1 is 1.38 bits per heavy atom. The molecule has 2 N–H and O–H groups in total. The molecule has 0 aliphatic carbocycles. The highest BCUT2D eigenvalue weighted by Crippen LogP contribution is 2.39. The summed E-state index contributed by atoms with van der Waals surface area (Å²) < 4.78 is 7.14. The van der Waals surface area contributed by atoms with Gasteiger partial charge in [0.15, 0.2) is 6.23 Å². The summed E-state index contributed by atoms with van der Waals surface area (Å²) >= 11 is 0. The second kappa shape index (κ2) is 6.00. The van der Waals surface area contributed by atoms with Gasteiger partial charge < -0.3 is 19.7 Å². The molecule has 6 nitrogen and oxygen atoms in total. The first-order valence-electron chi connectivity index (χ1n) is 8.43. The highest BCUT2D eigenvalue weighted by molar-refractivity contribution is 6.22. The maximum absolute atomic E-state index is 12.6. The Morgan fingerprint density at radius 3 is 2.88 bits per heavy atom. The maximum atomic E-state index is 12.6. The second-order valence-electron chi connectivity index (χ2n) is 6.12. The molecule has 1 unspecified atom stereocenters. The van der Waals surface area contributed by atoms with Crippen molar-refractivity contribution in [1.82, 2.24) is 9.88 Å². The van der Waals surface area contributed by atoms with E-state index in [1.54, 1.807) is 19.1 Å². The Kier molecular flexibility index (Phi) is 3.77. The minimum absolute atomic E-state index is 0.202. The first kappa shape index (κ1) is 16.4. The highest BCUT2D eigenvalue weighted by Gasteiger charge is 2.36. The Bertz CT molecular complexity index is 1080. The molecule has 3 aromatic rings. The Morgan fingerprint density at radius 2 is 2.15 bits per heavy atom. The normalized spacial score (nSPS) is 15.9. The van der Waals surface area contributed by atoms with Crippen LogP contribution in [0.5, 0.6) is 0 Å². The van der Waals surface area contributed by atoms with Crippen LogP contribution in [0.1, 0.15) is 39.4 Å². The number of hydrogen-bond donors (Lipinski definition) is 2. The predicted octanol–water partition coefficient (Wildman–Crippen LogP) is 2.89. The Hall–Kier alpha value is -3.12. The summed E-state index contributed by atoms with van der Waals surface area (Å²) in [7, 11) is 0. The van der Waals surface area contributed by atoms with Gasteiger partial charge in [0.25, 0.3) is 5.91 Å². The van der Waals surface area contributed by atoms with Gasteiger partial charge in [-0.3, -0.25) is 4.79 Å². The van der Waals surface area contributed by atoms with Crippen LogP contribution in [0.15, 0.2) is 43.0 Å². The molecule has 0 fully saturated rings. The Balaban J connectivity index is 2.19. The molecule has 1 atom stereocenters. The van der Waals surface area contributed by atoms with Crippen molar-refractivity contribution in [3.8, 4) is 0 Å². The van der Waals surface area contributed by atoms with E-state index < -0.39 is 18.1 Å². The minimum Gasteiger partial charge on any atom is -0.462 e.